The first-order valence-corrected chi connectivity index (χ1v) is 17.8. The summed E-state index contributed by atoms with van der Waals surface area (Å²) in [6, 6.07) is 8.85. The molecule has 284 valence electrons. The number of hydrogen-bond acceptors (Lipinski definition) is 13. The van der Waals surface area contributed by atoms with Gasteiger partial charge in [-0.15, -0.1) is 0 Å². The van der Waals surface area contributed by atoms with Crippen molar-refractivity contribution in [2.45, 2.75) is 51.9 Å². The monoisotopic (exact) mass is 702 g/mol. The minimum Gasteiger partial charge on any atom is -0.463 e. The van der Waals surface area contributed by atoms with E-state index < -0.39 is 0 Å². The van der Waals surface area contributed by atoms with Crippen LogP contribution >= 0.6 is 0 Å². The first-order valence-electron chi connectivity index (χ1n) is 17.8. The van der Waals surface area contributed by atoms with Crippen LogP contribution in [0.5, 0.6) is 0 Å². The van der Waals surface area contributed by atoms with Crippen molar-refractivity contribution >= 4 is 11.9 Å². The molecule has 0 aromatic heterocycles. The Bertz CT molecular complexity index is 843. The zero-order valence-electron chi connectivity index (χ0n) is 29.8. The Hall–Kier alpha value is -2.20. The second-order valence-electron chi connectivity index (χ2n) is 10.8. The topological polar surface area (TPSA) is 136 Å². The molecule has 0 spiro atoms. The van der Waals surface area contributed by atoms with Gasteiger partial charge in [-0.25, -0.2) is 4.79 Å². The molecular formula is C36H62O13. The van der Waals surface area contributed by atoms with Crippen molar-refractivity contribution in [1.82, 2.24) is 0 Å². The standard InChI is InChI=1S/C36H62O13/c1-2-3-4-5-6-10-13-35(37)48-32-30-46-28-26-44-24-22-42-20-18-40-16-14-39-15-17-41-19-21-43-23-25-45-27-29-47-31-33-49-36(38)34-11-8-7-9-12-34/h7-9,11-12H,2-6,10,13-33H2,1H3. The fraction of sp³-hybridized carbons (Fsp3) is 0.778. The maximum Gasteiger partial charge on any atom is 0.338 e. The summed E-state index contributed by atoms with van der Waals surface area (Å²) >= 11 is 0. The first-order chi connectivity index (χ1) is 24.2. The zero-order valence-corrected chi connectivity index (χ0v) is 29.8. The van der Waals surface area contributed by atoms with E-state index in [-0.39, 0.29) is 25.2 Å². The van der Waals surface area contributed by atoms with Crippen LogP contribution < -0.4 is 0 Å². The molecule has 0 heterocycles. The third-order valence-electron chi connectivity index (χ3n) is 6.67. The smallest absolute Gasteiger partial charge is 0.338 e. The van der Waals surface area contributed by atoms with Gasteiger partial charge in [-0.05, 0) is 18.6 Å². The molecule has 1 rings (SSSR count). The maximum absolute atomic E-state index is 11.8. The van der Waals surface area contributed by atoms with Gasteiger partial charge in [0, 0.05) is 6.42 Å². The second-order valence-corrected chi connectivity index (χ2v) is 10.8. The van der Waals surface area contributed by atoms with Gasteiger partial charge in [-0.1, -0.05) is 57.2 Å². The Morgan fingerprint density at radius 1 is 0.408 bits per heavy atom. The molecule has 13 heteroatoms. The second kappa shape index (κ2) is 37.1. The summed E-state index contributed by atoms with van der Waals surface area (Å²) in [4.78, 5) is 23.5. The molecule has 0 N–H and O–H groups in total. The van der Waals surface area contributed by atoms with Crippen molar-refractivity contribution < 1.29 is 61.7 Å². The molecule has 0 aliphatic carbocycles. The predicted octanol–water partition coefficient (Wildman–Crippen LogP) is 4.29. The molecule has 1 aromatic rings. The molecule has 1 aromatic carbocycles. The highest BCUT2D eigenvalue weighted by Gasteiger charge is 2.05. The van der Waals surface area contributed by atoms with Crippen LogP contribution in [0.25, 0.3) is 0 Å². The minimum atomic E-state index is -0.358. The quantitative estimate of drug-likeness (QED) is 0.0717. The molecule has 13 nitrogen and oxygen atoms in total. The number of carbonyl (C=O) groups is 2. The molecule has 0 aliphatic heterocycles. The first kappa shape index (κ1) is 44.8. The van der Waals surface area contributed by atoms with Gasteiger partial charge in [0.05, 0.1) is 124 Å². The zero-order chi connectivity index (χ0) is 35.1. The Balaban J connectivity index is 1.65. The van der Waals surface area contributed by atoms with Crippen LogP contribution in [0.15, 0.2) is 30.3 Å². The van der Waals surface area contributed by atoms with Crippen molar-refractivity contribution in [2.75, 3.05) is 132 Å². The average molecular weight is 703 g/mol. The van der Waals surface area contributed by atoms with Crippen LogP contribution in [-0.2, 0) is 56.9 Å². The molecule has 0 saturated heterocycles. The summed E-state index contributed by atoms with van der Waals surface area (Å²) in [5.74, 6) is -0.506. The molecule has 0 unspecified atom stereocenters. The van der Waals surface area contributed by atoms with E-state index in [1.807, 2.05) is 6.07 Å². The van der Waals surface area contributed by atoms with Crippen molar-refractivity contribution in [3.8, 4) is 0 Å². The van der Waals surface area contributed by atoms with E-state index in [1.165, 1.54) is 25.7 Å². The third-order valence-corrected chi connectivity index (χ3v) is 6.67. The molecule has 0 atom stereocenters. The van der Waals surface area contributed by atoms with Crippen LogP contribution in [0, 0.1) is 0 Å². The van der Waals surface area contributed by atoms with Gasteiger partial charge >= 0.3 is 11.9 Å². The summed E-state index contributed by atoms with van der Waals surface area (Å²) in [5, 5.41) is 0. The van der Waals surface area contributed by atoms with Crippen LogP contribution in [0.3, 0.4) is 0 Å². The van der Waals surface area contributed by atoms with Crippen molar-refractivity contribution in [3.63, 3.8) is 0 Å². The Morgan fingerprint density at radius 3 is 1.12 bits per heavy atom. The summed E-state index contributed by atoms with van der Waals surface area (Å²) < 4.78 is 59.4. The van der Waals surface area contributed by atoms with E-state index >= 15 is 0 Å². The number of ether oxygens (including phenoxy) is 11. The van der Waals surface area contributed by atoms with Gasteiger partial charge in [-0.3, -0.25) is 4.79 Å². The van der Waals surface area contributed by atoms with E-state index in [9.17, 15) is 9.59 Å². The number of esters is 2. The minimum absolute atomic E-state index is 0.147. The van der Waals surface area contributed by atoms with Crippen LogP contribution in [0.1, 0.15) is 62.2 Å². The van der Waals surface area contributed by atoms with Crippen LogP contribution in [0.4, 0.5) is 0 Å². The molecule has 0 aliphatic rings. The lowest BCUT2D eigenvalue weighted by Gasteiger charge is -2.09. The van der Waals surface area contributed by atoms with Gasteiger partial charge < -0.3 is 52.1 Å². The number of hydrogen-bond donors (Lipinski definition) is 0. The van der Waals surface area contributed by atoms with Crippen molar-refractivity contribution in [1.29, 1.82) is 0 Å². The molecule has 0 fully saturated rings. The average Bonchev–Trinajstić information content (AvgIpc) is 3.12. The maximum atomic E-state index is 11.8. The lowest BCUT2D eigenvalue weighted by Crippen LogP contribution is -2.16. The summed E-state index contributed by atoms with van der Waals surface area (Å²) in [5.41, 5.74) is 0.523. The Morgan fingerprint density at radius 2 is 0.735 bits per heavy atom. The Labute approximate surface area is 293 Å². The van der Waals surface area contributed by atoms with Gasteiger partial charge in [0.15, 0.2) is 0 Å². The van der Waals surface area contributed by atoms with E-state index in [2.05, 4.69) is 6.92 Å². The molecule has 0 saturated carbocycles. The lowest BCUT2D eigenvalue weighted by atomic mass is 10.1. The van der Waals surface area contributed by atoms with E-state index in [1.54, 1.807) is 24.3 Å². The lowest BCUT2D eigenvalue weighted by molar-refractivity contribution is -0.145. The largest absolute Gasteiger partial charge is 0.463 e. The van der Waals surface area contributed by atoms with Gasteiger partial charge in [0.2, 0.25) is 0 Å². The molecule has 0 amide bonds. The number of carbonyl (C=O) groups excluding carboxylic acids is 2. The van der Waals surface area contributed by atoms with Gasteiger partial charge in [0.1, 0.15) is 13.2 Å². The number of unbranched alkanes of at least 4 members (excludes halogenated alkanes) is 5. The highest BCUT2D eigenvalue weighted by Crippen LogP contribution is 2.07. The fourth-order valence-corrected chi connectivity index (χ4v) is 4.05. The van der Waals surface area contributed by atoms with Crippen LogP contribution in [-0.4, -0.2) is 144 Å². The van der Waals surface area contributed by atoms with Gasteiger partial charge in [0.25, 0.3) is 0 Å². The summed E-state index contributed by atoms with van der Waals surface area (Å²) in [6.07, 6.45) is 7.40. The van der Waals surface area contributed by atoms with Crippen molar-refractivity contribution in [3.05, 3.63) is 35.9 Å². The normalized spacial score (nSPS) is 11.2. The highest BCUT2D eigenvalue weighted by molar-refractivity contribution is 5.89. The van der Waals surface area contributed by atoms with Gasteiger partial charge in [-0.2, -0.15) is 0 Å². The molecule has 49 heavy (non-hydrogen) atoms. The molecular weight excluding hydrogens is 640 g/mol. The highest BCUT2D eigenvalue weighted by atomic mass is 16.6. The predicted molar refractivity (Wildman–Crippen MR) is 183 cm³/mol. The fourth-order valence-electron chi connectivity index (χ4n) is 4.05. The van der Waals surface area contributed by atoms with E-state index in [4.69, 9.17) is 52.1 Å². The van der Waals surface area contributed by atoms with Crippen molar-refractivity contribution in [2.24, 2.45) is 0 Å². The van der Waals surface area contributed by atoms with E-state index in [0.717, 1.165) is 12.8 Å². The third kappa shape index (κ3) is 32.7. The SMILES string of the molecule is CCCCCCCCC(=O)OCCOCCOCCOCCOCCOCCOCCOCCOCCOCCOC(=O)c1ccccc1. The summed E-state index contributed by atoms with van der Waals surface area (Å²) in [7, 11) is 0. The number of benzene rings is 1. The summed E-state index contributed by atoms with van der Waals surface area (Å²) in [6.45, 7) is 10.9. The molecule has 0 radical (unpaired) electrons. The van der Waals surface area contributed by atoms with E-state index in [0.29, 0.717) is 131 Å². The van der Waals surface area contributed by atoms with Crippen LogP contribution in [0.2, 0.25) is 0 Å². The number of rotatable bonds is 38. The molecule has 0 bridgehead atoms. The Kier molecular flexibility index (Phi) is 33.9.